The molecule has 0 radical (unpaired) electrons. The second-order valence-corrected chi connectivity index (χ2v) is 5.26. The first-order valence-corrected chi connectivity index (χ1v) is 6.53. The standard InChI is InChI=1S/C10H12F3NO2S/c1-2-14-17(15,16)7-8-3-5-9(6-4-8)10(11,12)13/h3-6,14H,2,7H2,1H3. The molecule has 1 aromatic carbocycles. The van der Waals surface area contributed by atoms with Crippen LogP contribution in [0.5, 0.6) is 0 Å². The Kier molecular flexibility index (Phi) is 4.16. The number of benzene rings is 1. The normalized spacial score (nSPS) is 12.7. The van der Waals surface area contributed by atoms with Crippen LogP contribution in [-0.2, 0) is 22.0 Å². The van der Waals surface area contributed by atoms with E-state index in [4.69, 9.17) is 0 Å². The van der Waals surface area contributed by atoms with Gasteiger partial charge in [0.15, 0.2) is 0 Å². The lowest BCUT2D eigenvalue weighted by atomic mass is 10.1. The lowest BCUT2D eigenvalue weighted by Gasteiger charge is -2.08. The van der Waals surface area contributed by atoms with E-state index < -0.39 is 21.8 Å². The van der Waals surface area contributed by atoms with E-state index >= 15 is 0 Å². The Labute approximate surface area is 97.7 Å². The number of hydrogen-bond acceptors (Lipinski definition) is 2. The molecule has 0 aromatic heterocycles. The molecule has 3 nitrogen and oxygen atoms in total. The highest BCUT2D eigenvalue weighted by Gasteiger charge is 2.30. The van der Waals surface area contributed by atoms with Crippen molar-refractivity contribution in [2.24, 2.45) is 0 Å². The van der Waals surface area contributed by atoms with Crippen molar-refractivity contribution in [3.63, 3.8) is 0 Å². The van der Waals surface area contributed by atoms with E-state index in [1.807, 2.05) is 0 Å². The van der Waals surface area contributed by atoms with Crippen LogP contribution in [0.3, 0.4) is 0 Å². The van der Waals surface area contributed by atoms with Gasteiger partial charge in [0.1, 0.15) is 0 Å². The van der Waals surface area contributed by atoms with E-state index in [0.717, 1.165) is 24.3 Å². The molecule has 17 heavy (non-hydrogen) atoms. The van der Waals surface area contributed by atoms with Gasteiger partial charge in [0, 0.05) is 6.54 Å². The molecular weight excluding hydrogens is 255 g/mol. The van der Waals surface area contributed by atoms with E-state index in [1.54, 1.807) is 6.92 Å². The van der Waals surface area contributed by atoms with Crippen LogP contribution < -0.4 is 4.72 Å². The highest BCUT2D eigenvalue weighted by Crippen LogP contribution is 2.29. The summed E-state index contributed by atoms with van der Waals surface area (Å²) in [6, 6.07) is 4.07. The molecule has 96 valence electrons. The van der Waals surface area contributed by atoms with Crippen molar-refractivity contribution in [2.75, 3.05) is 6.54 Å². The van der Waals surface area contributed by atoms with Crippen LogP contribution in [0.2, 0.25) is 0 Å². The van der Waals surface area contributed by atoms with Gasteiger partial charge < -0.3 is 0 Å². The number of halogens is 3. The zero-order chi connectivity index (χ0) is 13.1. The third kappa shape index (κ3) is 4.35. The second-order valence-electron chi connectivity index (χ2n) is 3.45. The van der Waals surface area contributed by atoms with Gasteiger partial charge in [-0.2, -0.15) is 13.2 Å². The van der Waals surface area contributed by atoms with E-state index in [1.165, 1.54) is 0 Å². The summed E-state index contributed by atoms with van der Waals surface area (Å²) in [6.45, 7) is 1.88. The maximum Gasteiger partial charge on any atom is 0.416 e. The molecule has 0 saturated heterocycles. The molecular formula is C10H12F3NO2S. The van der Waals surface area contributed by atoms with Gasteiger partial charge in [-0.25, -0.2) is 13.1 Å². The van der Waals surface area contributed by atoms with Crippen LogP contribution in [-0.4, -0.2) is 15.0 Å². The number of sulfonamides is 1. The molecule has 0 unspecified atom stereocenters. The molecule has 7 heteroatoms. The average molecular weight is 267 g/mol. The van der Waals surface area contributed by atoms with E-state index in [2.05, 4.69) is 4.72 Å². The summed E-state index contributed by atoms with van der Waals surface area (Å²) in [5.74, 6) is -0.320. The highest BCUT2D eigenvalue weighted by molar-refractivity contribution is 7.88. The van der Waals surface area contributed by atoms with Gasteiger partial charge in [0.25, 0.3) is 0 Å². The van der Waals surface area contributed by atoms with Gasteiger partial charge in [0.2, 0.25) is 10.0 Å². The summed E-state index contributed by atoms with van der Waals surface area (Å²) in [6.07, 6.45) is -4.40. The maximum absolute atomic E-state index is 12.2. The third-order valence-corrected chi connectivity index (χ3v) is 3.44. The van der Waals surface area contributed by atoms with Crippen LogP contribution in [0.1, 0.15) is 18.1 Å². The molecule has 0 fully saturated rings. The van der Waals surface area contributed by atoms with Crippen LogP contribution in [0, 0.1) is 0 Å². The molecule has 1 aromatic rings. The Morgan fingerprint density at radius 2 is 1.71 bits per heavy atom. The van der Waals surface area contributed by atoms with Crippen LogP contribution >= 0.6 is 0 Å². The Morgan fingerprint density at radius 1 is 1.18 bits per heavy atom. The van der Waals surface area contributed by atoms with Gasteiger partial charge in [-0.1, -0.05) is 19.1 Å². The monoisotopic (exact) mass is 267 g/mol. The summed E-state index contributed by atoms with van der Waals surface area (Å²) < 4.78 is 61.7. The minimum absolute atomic E-state index is 0.253. The van der Waals surface area contributed by atoms with Crippen molar-refractivity contribution in [3.05, 3.63) is 35.4 Å². The molecule has 0 saturated carbocycles. The van der Waals surface area contributed by atoms with Crippen molar-refractivity contribution in [3.8, 4) is 0 Å². The van der Waals surface area contributed by atoms with Gasteiger partial charge in [-0.15, -0.1) is 0 Å². The van der Waals surface area contributed by atoms with Crippen molar-refractivity contribution >= 4 is 10.0 Å². The predicted octanol–water partition coefficient (Wildman–Crippen LogP) is 2.14. The maximum atomic E-state index is 12.2. The number of hydrogen-bond donors (Lipinski definition) is 1. The Hall–Kier alpha value is -1.08. The fraction of sp³-hybridized carbons (Fsp3) is 0.400. The zero-order valence-corrected chi connectivity index (χ0v) is 9.90. The van der Waals surface area contributed by atoms with E-state index in [9.17, 15) is 21.6 Å². The first-order chi connectivity index (χ1) is 7.74. The van der Waals surface area contributed by atoms with Crippen LogP contribution in [0.25, 0.3) is 0 Å². The molecule has 1 rings (SSSR count). The molecule has 0 aliphatic rings. The summed E-state index contributed by atoms with van der Waals surface area (Å²) in [5, 5.41) is 0. The fourth-order valence-corrected chi connectivity index (χ4v) is 2.45. The Bertz CT molecular complexity index is 465. The number of nitrogens with one attached hydrogen (secondary N) is 1. The quantitative estimate of drug-likeness (QED) is 0.908. The fourth-order valence-electron chi connectivity index (χ4n) is 1.28. The topological polar surface area (TPSA) is 46.2 Å². The number of alkyl halides is 3. The summed E-state index contributed by atoms with van der Waals surface area (Å²) in [5.41, 5.74) is -0.471. The van der Waals surface area contributed by atoms with Crippen LogP contribution in [0.4, 0.5) is 13.2 Å². The van der Waals surface area contributed by atoms with E-state index in [-0.39, 0.29) is 12.3 Å². The summed E-state index contributed by atoms with van der Waals surface area (Å²) >= 11 is 0. The highest BCUT2D eigenvalue weighted by atomic mass is 32.2. The average Bonchev–Trinajstić information content (AvgIpc) is 2.16. The Balaban J connectivity index is 2.83. The summed E-state index contributed by atoms with van der Waals surface area (Å²) in [4.78, 5) is 0. The first-order valence-electron chi connectivity index (χ1n) is 4.88. The molecule has 0 atom stereocenters. The predicted molar refractivity (Wildman–Crippen MR) is 57.7 cm³/mol. The van der Waals surface area contributed by atoms with Crippen LogP contribution in [0.15, 0.2) is 24.3 Å². The lowest BCUT2D eigenvalue weighted by Crippen LogP contribution is -2.24. The Morgan fingerprint density at radius 3 is 2.12 bits per heavy atom. The molecule has 0 spiro atoms. The SMILES string of the molecule is CCNS(=O)(=O)Cc1ccc(C(F)(F)F)cc1. The minimum atomic E-state index is -4.40. The molecule has 0 aliphatic carbocycles. The van der Waals surface area contributed by atoms with Crippen molar-refractivity contribution < 1.29 is 21.6 Å². The first kappa shape index (κ1) is 14.0. The zero-order valence-electron chi connectivity index (χ0n) is 9.08. The molecule has 0 heterocycles. The number of rotatable bonds is 4. The third-order valence-electron chi connectivity index (χ3n) is 2.00. The van der Waals surface area contributed by atoms with Gasteiger partial charge in [0.05, 0.1) is 11.3 Å². The lowest BCUT2D eigenvalue weighted by molar-refractivity contribution is -0.137. The van der Waals surface area contributed by atoms with Gasteiger partial charge in [-0.3, -0.25) is 0 Å². The van der Waals surface area contributed by atoms with E-state index in [0.29, 0.717) is 5.56 Å². The van der Waals surface area contributed by atoms with Gasteiger partial charge in [-0.05, 0) is 17.7 Å². The van der Waals surface area contributed by atoms with Crippen molar-refractivity contribution in [1.82, 2.24) is 4.72 Å². The molecule has 1 N–H and O–H groups in total. The largest absolute Gasteiger partial charge is 0.416 e. The smallest absolute Gasteiger partial charge is 0.215 e. The van der Waals surface area contributed by atoms with Gasteiger partial charge >= 0.3 is 6.18 Å². The minimum Gasteiger partial charge on any atom is -0.215 e. The molecule has 0 amide bonds. The van der Waals surface area contributed by atoms with Crippen molar-refractivity contribution in [1.29, 1.82) is 0 Å². The van der Waals surface area contributed by atoms with Crippen molar-refractivity contribution in [2.45, 2.75) is 18.9 Å². The second kappa shape index (κ2) is 5.05. The molecule has 0 bridgehead atoms. The molecule has 0 aliphatic heterocycles. The summed E-state index contributed by atoms with van der Waals surface area (Å²) in [7, 11) is -3.46.